The number of hydrogen-bond donors (Lipinski definition) is 1. The molecule has 1 aromatic carbocycles. The third-order valence-electron chi connectivity index (χ3n) is 3.28. The van der Waals surface area contributed by atoms with Gasteiger partial charge >= 0.3 is 0 Å². The largest absolute Gasteiger partial charge is 0.506 e. The van der Waals surface area contributed by atoms with Crippen molar-refractivity contribution >= 4 is 17.4 Å². The summed E-state index contributed by atoms with van der Waals surface area (Å²) in [6.07, 6.45) is 8.97. The summed E-state index contributed by atoms with van der Waals surface area (Å²) in [4.78, 5) is 11.9. The van der Waals surface area contributed by atoms with Gasteiger partial charge < -0.3 is 5.11 Å². The number of hydrogen-bond acceptors (Lipinski definition) is 2. The Bertz CT molecular complexity index is 402. The molecule has 0 spiro atoms. The number of halogens is 1. The Hall–Kier alpha value is -1.02. The third kappa shape index (κ3) is 6.11. The van der Waals surface area contributed by atoms with Gasteiger partial charge in [-0.2, -0.15) is 0 Å². The van der Waals surface area contributed by atoms with Crippen LogP contribution in [0.1, 0.15) is 68.6 Å². The third-order valence-corrected chi connectivity index (χ3v) is 3.58. The van der Waals surface area contributed by atoms with Crippen molar-refractivity contribution in [3.05, 3.63) is 28.8 Å². The first-order valence-corrected chi connectivity index (χ1v) is 7.54. The first kappa shape index (κ1) is 16.0. The molecule has 0 saturated heterocycles. The monoisotopic (exact) mass is 282 g/mol. The van der Waals surface area contributed by atoms with Crippen molar-refractivity contribution in [2.75, 3.05) is 0 Å². The SMILES string of the molecule is CCCCCCCCCC(=O)c1ccc(O)c(Cl)c1. The number of benzene rings is 1. The maximum absolute atomic E-state index is 11.9. The Balaban J connectivity index is 2.22. The highest BCUT2D eigenvalue weighted by molar-refractivity contribution is 6.32. The smallest absolute Gasteiger partial charge is 0.162 e. The molecule has 0 heterocycles. The molecule has 0 fully saturated rings. The van der Waals surface area contributed by atoms with Crippen LogP contribution in [0.5, 0.6) is 5.75 Å². The van der Waals surface area contributed by atoms with Gasteiger partial charge in [-0.05, 0) is 24.6 Å². The van der Waals surface area contributed by atoms with Crippen LogP contribution >= 0.6 is 11.6 Å². The van der Waals surface area contributed by atoms with Crippen molar-refractivity contribution in [1.82, 2.24) is 0 Å². The maximum atomic E-state index is 11.9. The molecule has 0 atom stereocenters. The fraction of sp³-hybridized carbons (Fsp3) is 0.562. The molecule has 0 aliphatic heterocycles. The molecule has 0 aromatic heterocycles. The Labute approximate surface area is 120 Å². The Kier molecular flexibility index (Phi) is 7.57. The van der Waals surface area contributed by atoms with Gasteiger partial charge in [0.1, 0.15) is 5.75 Å². The summed E-state index contributed by atoms with van der Waals surface area (Å²) in [6.45, 7) is 2.21. The van der Waals surface area contributed by atoms with E-state index in [1.54, 1.807) is 12.1 Å². The summed E-state index contributed by atoms with van der Waals surface area (Å²) >= 11 is 5.79. The van der Waals surface area contributed by atoms with Crippen LogP contribution in [0.3, 0.4) is 0 Å². The van der Waals surface area contributed by atoms with Crippen LogP contribution < -0.4 is 0 Å². The van der Waals surface area contributed by atoms with Crippen LogP contribution in [0.25, 0.3) is 0 Å². The minimum absolute atomic E-state index is 0.0224. The molecular weight excluding hydrogens is 260 g/mol. The van der Waals surface area contributed by atoms with E-state index in [0.717, 1.165) is 12.8 Å². The molecule has 1 N–H and O–H groups in total. The quantitative estimate of drug-likeness (QED) is 0.488. The van der Waals surface area contributed by atoms with Gasteiger partial charge in [-0.25, -0.2) is 0 Å². The van der Waals surface area contributed by atoms with Crippen LogP contribution in [-0.2, 0) is 0 Å². The van der Waals surface area contributed by atoms with E-state index in [1.165, 1.54) is 38.2 Å². The Morgan fingerprint density at radius 1 is 1.11 bits per heavy atom. The molecule has 0 bridgehead atoms. The number of aromatic hydroxyl groups is 1. The van der Waals surface area contributed by atoms with Gasteiger partial charge in [0.05, 0.1) is 5.02 Å². The fourth-order valence-electron chi connectivity index (χ4n) is 2.07. The first-order valence-electron chi connectivity index (χ1n) is 7.17. The number of phenols is 1. The molecule has 0 radical (unpaired) electrons. The summed E-state index contributed by atoms with van der Waals surface area (Å²) in [6, 6.07) is 4.64. The standard InChI is InChI=1S/C16H23ClO2/c1-2-3-4-5-6-7-8-9-15(18)13-10-11-16(19)14(17)12-13/h10-12,19H,2-9H2,1H3. The maximum Gasteiger partial charge on any atom is 0.162 e. The number of ketones is 1. The molecule has 106 valence electrons. The molecule has 0 amide bonds. The van der Waals surface area contributed by atoms with E-state index in [0.29, 0.717) is 12.0 Å². The van der Waals surface area contributed by atoms with Crippen molar-refractivity contribution in [3.8, 4) is 5.75 Å². The Morgan fingerprint density at radius 2 is 1.74 bits per heavy atom. The minimum Gasteiger partial charge on any atom is -0.506 e. The Morgan fingerprint density at radius 3 is 2.37 bits per heavy atom. The molecule has 0 aliphatic carbocycles. The molecular formula is C16H23ClO2. The average Bonchev–Trinajstić information content (AvgIpc) is 2.40. The van der Waals surface area contributed by atoms with E-state index in [-0.39, 0.29) is 16.6 Å². The zero-order chi connectivity index (χ0) is 14.1. The lowest BCUT2D eigenvalue weighted by atomic mass is 10.0. The molecule has 1 aromatic rings. The molecule has 1 rings (SSSR count). The lowest BCUT2D eigenvalue weighted by Crippen LogP contribution is -1.98. The van der Waals surface area contributed by atoms with Crippen LogP contribution in [-0.4, -0.2) is 10.9 Å². The predicted molar refractivity (Wildman–Crippen MR) is 80.1 cm³/mol. The van der Waals surface area contributed by atoms with E-state index in [9.17, 15) is 9.90 Å². The molecule has 0 saturated carbocycles. The summed E-state index contributed by atoms with van der Waals surface area (Å²) in [7, 11) is 0. The number of carbonyl (C=O) groups excluding carboxylic acids is 1. The molecule has 0 aliphatic rings. The highest BCUT2D eigenvalue weighted by atomic mass is 35.5. The van der Waals surface area contributed by atoms with Gasteiger partial charge in [0, 0.05) is 12.0 Å². The van der Waals surface area contributed by atoms with E-state index < -0.39 is 0 Å². The molecule has 19 heavy (non-hydrogen) atoms. The lowest BCUT2D eigenvalue weighted by molar-refractivity contribution is 0.0979. The topological polar surface area (TPSA) is 37.3 Å². The molecule has 2 nitrogen and oxygen atoms in total. The summed E-state index contributed by atoms with van der Waals surface area (Å²) in [5, 5.41) is 9.54. The van der Waals surface area contributed by atoms with E-state index in [2.05, 4.69) is 6.92 Å². The number of phenolic OH excluding ortho intramolecular Hbond substituents is 1. The van der Waals surface area contributed by atoms with Crippen LogP contribution in [0.2, 0.25) is 5.02 Å². The second-order valence-electron chi connectivity index (χ2n) is 4.96. The predicted octanol–water partition coefficient (Wildman–Crippen LogP) is 5.37. The number of carbonyl (C=O) groups is 1. The van der Waals surface area contributed by atoms with Gasteiger partial charge in [-0.3, -0.25) is 4.79 Å². The number of rotatable bonds is 9. The van der Waals surface area contributed by atoms with Crippen molar-refractivity contribution in [2.24, 2.45) is 0 Å². The van der Waals surface area contributed by atoms with Crippen LogP contribution in [0, 0.1) is 0 Å². The summed E-state index contributed by atoms with van der Waals surface area (Å²) in [5.74, 6) is 0.129. The van der Waals surface area contributed by atoms with Crippen LogP contribution in [0.4, 0.5) is 0 Å². The lowest BCUT2D eigenvalue weighted by Gasteiger charge is -2.03. The number of unbranched alkanes of at least 4 members (excludes halogenated alkanes) is 6. The minimum atomic E-state index is 0.0224. The van der Waals surface area contributed by atoms with Gasteiger partial charge in [-0.1, -0.05) is 57.0 Å². The second-order valence-corrected chi connectivity index (χ2v) is 5.37. The molecule has 3 heteroatoms. The molecule has 0 unspecified atom stereocenters. The van der Waals surface area contributed by atoms with Crippen molar-refractivity contribution in [2.45, 2.75) is 58.3 Å². The van der Waals surface area contributed by atoms with Gasteiger partial charge in [0.2, 0.25) is 0 Å². The number of Topliss-reactive ketones (excluding diaryl/α,β-unsaturated/α-hetero) is 1. The van der Waals surface area contributed by atoms with Crippen LogP contribution in [0.15, 0.2) is 18.2 Å². The van der Waals surface area contributed by atoms with Crippen molar-refractivity contribution in [1.29, 1.82) is 0 Å². The van der Waals surface area contributed by atoms with E-state index in [1.807, 2.05) is 0 Å². The summed E-state index contributed by atoms with van der Waals surface area (Å²) in [5.41, 5.74) is 0.591. The first-order chi connectivity index (χ1) is 9.15. The van der Waals surface area contributed by atoms with E-state index >= 15 is 0 Å². The van der Waals surface area contributed by atoms with Crippen molar-refractivity contribution in [3.63, 3.8) is 0 Å². The van der Waals surface area contributed by atoms with Gasteiger partial charge in [0.25, 0.3) is 0 Å². The fourth-order valence-corrected chi connectivity index (χ4v) is 2.25. The highest BCUT2D eigenvalue weighted by Crippen LogP contribution is 2.24. The van der Waals surface area contributed by atoms with E-state index in [4.69, 9.17) is 11.6 Å². The van der Waals surface area contributed by atoms with Gasteiger partial charge in [-0.15, -0.1) is 0 Å². The summed E-state index contributed by atoms with van der Waals surface area (Å²) < 4.78 is 0. The zero-order valence-corrected chi connectivity index (χ0v) is 12.4. The highest BCUT2D eigenvalue weighted by Gasteiger charge is 2.08. The second kappa shape index (κ2) is 8.98. The zero-order valence-electron chi connectivity index (χ0n) is 11.6. The van der Waals surface area contributed by atoms with Gasteiger partial charge in [0.15, 0.2) is 5.78 Å². The average molecular weight is 283 g/mol. The normalized spacial score (nSPS) is 10.6. The van der Waals surface area contributed by atoms with Crippen molar-refractivity contribution < 1.29 is 9.90 Å².